The Balaban J connectivity index is 0.00000320. The van der Waals surface area contributed by atoms with E-state index in [9.17, 15) is 4.79 Å². The number of guanidine groups is 1. The lowest BCUT2D eigenvalue weighted by Crippen LogP contribution is -2.52. The Kier molecular flexibility index (Phi) is 12.4. The fourth-order valence-corrected chi connectivity index (χ4v) is 4.53. The minimum Gasteiger partial charge on any atom is -0.356 e. The highest BCUT2D eigenvalue weighted by Gasteiger charge is 2.30. The quantitative estimate of drug-likeness (QED) is 0.216. The van der Waals surface area contributed by atoms with Gasteiger partial charge in [-0.15, -0.1) is 24.0 Å². The second-order valence-corrected chi connectivity index (χ2v) is 8.83. The number of rotatable bonds is 8. The fourth-order valence-electron chi connectivity index (χ4n) is 4.53. The monoisotopic (exact) mass is 534 g/mol. The molecule has 2 saturated heterocycles. The standard InChI is InChI=1S/C22H42N6O.HI/c1-23-22(24-10-7-14-26-12-4-2-3-5-13-26)25-11-15-27-16-18-28(19-17-27)21(29)20-8-6-9-20;/h20H,2-19H2,1H3,(H2,23,24,25);1H. The van der Waals surface area contributed by atoms with Crippen LogP contribution in [0.4, 0.5) is 0 Å². The number of likely N-dealkylation sites (tertiary alicyclic amines) is 1. The van der Waals surface area contributed by atoms with E-state index in [4.69, 9.17) is 0 Å². The minimum absolute atomic E-state index is 0. The van der Waals surface area contributed by atoms with E-state index in [0.717, 1.165) is 71.0 Å². The van der Waals surface area contributed by atoms with E-state index < -0.39 is 0 Å². The topological polar surface area (TPSA) is 63.2 Å². The third-order valence-electron chi connectivity index (χ3n) is 6.72. The van der Waals surface area contributed by atoms with Crippen molar-refractivity contribution in [3.63, 3.8) is 0 Å². The summed E-state index contributed by atoms with van der Waals surface area (Å²) < 4.78 is 0. The van der Waals surface area contributed by atoms with Gasteiger partial charge in [0.2, 0.25) is 5.91 Å². The van der Waals surface area contributed by atoms with Crippen LogP contribution in [0.5, 0.6) is 0 Å². The van der Waals surface area contributed by atoms with Crippen LogP contribution in [0.25, 0.3) is 0 Å². The summed E-state index contributed by atoms with van der Waals surface area (Å²) in [7, 11) is 1.84. The lowest BCUT2D eigenvalue weighted by atomic mass is 9.84. The van der Waals surface area contributed by atoms with E-state index in [1.807, 2.05) is 7.05 Å². The third-order valence-corrected chi connectivity index (χ3v) is 6.72. The first kappa shape index (κ1) is 25.6. The number of halogens is 1. The minimum atomic E-state index is 0. The Bertz CT molecular complexity index is 512. The Morgan fingerprint density at radius 2 is 1.47 bits per heavy atom. The average molecular weight is 535 g/mol. The lowest BCUT2D eigenvalue weighted by molar-refractivity contribution is -0.139. The van der Waals surface area contributed by atoms with Crippen LogP contribution in [0.2, 0.25) is 0 Å². The van der Waals surface area contributed by atoms with Crippen LogP contribution in [-0.2, 0) is 4.79 Å². The summed E-state index contributed by atoms with van der Waals surface area (Å²) in [5.74, 6) is 1.63. The number of amides is 1. The molecule has 2 aliphatic heterocycles. The molecule has 3 fully saturated rings. The molecule has 2 heterocycles. The molecule has 1 aliphatic carbocycles. The van der Waals surface area contributed by atoms with Gasteiger partial charge in [-0.3, -0.25) is 14.7 Å². The van der Waals surface area contributed by atoms with Gasteiger partial charge in [0, 0.05) is 58.8 Å². The van der Waals surface area contributed by atoms with Crippen molar-refractivity contribution in [3.05, 3.63) is 0 Å². The molecule has 1 amide bonds. The fraction of sp³-hybridized carbons (Fsp3) is 0.909. The van der Waals surface area contributed by atoms with Gasteiger partial charge in [0.15, 0.2) is 5.96 Å². The predicted octanol–water partition coefficient (Wildman–Crippen LogP) is 1.98. The first-order valence-electron chi connectivity index (χ1n) is 11.9. The molecule has 0 bridgehead atoms. The van der Waals surface area contributed by atoms with Gasteiger partial charge >= 0.3 is 0 Å². The van der Waals surface area contributed by atoms with Crippen LogP contribution in [0.3, 0.4) is 0 Å². The molecule has 0 spiro atoms. The lowest BCUT2D eigenvalue weighted by Gasteiger charge is -2.38. The summed E-state index contributed by atoms with van der Waals surface area (Å²) in [6.45, 7) is 10.3. The van der Waals surface area contributed by atoms with Gasteiger partial charge in [-0.1, -0.05) is 19.3 Å². The van der Waals surface area contributed by atoms with Crippen molar-refractivity contribution in [3.8, 4) is 0 Å². The zero-order valence-electron chi connectivity index (χ0n) is 18.9. The third kappa shape index (κ3) is 8.49. The van der Waals surface area contributed by atoms with E-state index in [1.54, 1.807) is 0 Å². The molecule has 2 N–H and O–H groups in total. The maximum absolute atomic E-state index is 12.3. The van der Waals surface area contributed by atoms with Crippen molar-refractivity contribution in [2.75, 3.05) is 72.5 Å². The van der Waals surface area contributed by atoms with Crippen molar-refractivity contribution < 1.29 is 4.79 Å². The van der Waals surface area contributed by atoms with Gasteiger partial charge in [0.25, 0.3) is 0 Å². The molecular weight excluding hydrogens is 491 g/mol. The maximum atomic E-state index is 12.3. The number of carbonyl (C=O) groups is 1. The Morgan fingerprint density at radius 3 is 2.07 bits per heavy atom. The largest absolute Gasteiger partial charge is 0.356 e. The summed E-state index contributed by atoms with van der Waals surface area (Å²) in [4.78, 5) is 23.8. The van der Waals surface area contributed by atoms with E-state index in [0.29, 0.717) is 11.8 Å². The van der Waals surface area contributed by atoms with E-state index in [-0.39, 0.29) is 24.0 Å². The van der Waals surface area contributed by atoms with E-state index in [2.05, 4.69) is 30.3 Å². The summed E-state index contributed by atoms with van der Waals surface area (Å²) >= 11 is 0. The number of hydrogen-bond acceptors (Lipinski definition) is 4. The molecule has 0 aromatic rings. The summed E-state index contributed by atoms with van der Waals surface area (Å²) in [6, 6.07) is 0. The van der Waals surface area contributed by atoms with Crippen molar-refractivity contribution in [2.24, 2.45) is 10.9 Å². The van der Waals surface area contributed by atoms with Crippen LogP contribution >= 0.6 is 24.0 Å². The Morgan fingerprint density at radius 1 is 0.833 bits per heavy atom. The van der Waals surface area contributed by atoms with E-state index >= 15 is 0 Å². The highest BCUT2D eigenvalue weighted by Crippen LogP contribution is 2.28. The number of hydrogen-bond donors (Lipinski definition) is 2. The number of piperazine rings is 1. The molecule has 7 nitrogen and oxygen atoms in total. The van der Waals surface area contributed by atoms with Crippen LogP contribution < -0.4 is 10.6 Å². The molecule has 8 heteroatoms. The molecule has 1 saturated carbocycles. The molecule has 174 valence electrons. The number of aliphatic imine (C=N–C) groups is 1. The predicted molar refractivity (Wildman–Crippen MR) is 135 cm³/mol. The van der Waals surface area contributed by atoms with Crippen LogP contribution in [-0.4, -0.2) is 99.1 Å². The highest BCUT2D eigenvalue weighted by molar-refractivity contribution is 14.0. The van der Waals surface area contributed by atoms with Crippen LogP contribution in [0, 0.1) is 5.92 Å². The van der Waals surface area contributed by atoms with Crippen LogP contribution in [0.1, 0.15) is 51.4 Å². The molecular formula is C22H43IN6O. The summed E-state index contributed by atoms with van der Waals surface area (Å²) in [6.07, 6.45) is 10.1. The number of nitrogens with zero attached hydrogens (tertiary/aromatic N) is 4. The van der Waals surface area contributed by atoms with Crippen LogP contribution in [0.15, 0.2) is 4.99 Å². The van der Waals surface area contributed by atoms with Crippen molar-refractivity contribution in [1.82, 2.24) is 25.3 Å². The number of carbonyl (C=O) groups excluding carboxylic acids is 1. The second-order valence-electron chi connectivity index (χ2n) is 8.83. The molecule has 3 aliphatic rings. The first-order chi connectivity index (χ1) is 14.3. The first-order valence-corrected chi connectivity index (χ1v) is 11.9. The van der Waals surface area contributed by atoms with Gasteiger partial charge < -0.3 is 20.4 Å². The molecule has 30 heavy (non-hydrogen) atoms. The van der Waals surface area contributed by atoms with E-state index in [1.165, 1.54) is 51.7 Å². The van der Waals surface area contributed by atoms with Gasteiger partial charge in [0.1, 0.15) is 0 Å². The normalized spacial score (nSPS) is 22.0. The SMILES string of the molecule is CN=C(NCCCN1CCCCCC1)NCCN1CCN(C(=O)C2CCC2)CC1.I. The molecule has 0 radical (unpaired) electrons. The second kappa shape index (κ2) is 14.5. The highest BCUT2D eigenvalue weighted by atomic mass is 127. The van der Waals surface area contributed by atoms with Gasteiger partial charge in [-0.25, -0.2) is 0 Å². The Hall–Kier alpha value is -0.610. The van der Waals surface area contributed by atoms with Crippen molar-refractivity contribution >= 4 is 35.8 Å². The molecule has 0 unspecified atom stereocenters. The number of nitrogens with one attached hydrogen (secondary N) is 2. The van der Waals surface area contributed by atoms with Gasteiger partial charge in [-0.05, 0) is 51.7 Å². The van der Waals surface area contributed by atoms with Gasteiger partial charge in [-0.2, -0.15) is 0 Å². The van der Waals surface area contributed by atoms with Crippen molar-refractivity contribution in [1.29, 1.82) is 0 Å². The zero-order valence-corrected chi connectivity index (χ0v) is 21.2. The van der Waals surface area contributed by atoms with Crippen molar-refractivity contribution in [2.45, 2.75) is 51.4 Å². The summed E-state index contributed by atoms with van der Waals surface area (Å²) in [5.41, 5.74) is 0. The molecule has 0 atom stereocenters. The summed E-state index contributed by atoms with van der Waals surface area (Å²) in [5, 5.41) is 6.89. The molecule has 3 rings (SSSR count). The Labute approximate surface area is 200 Å². The zero-order chi connectivity index (χ0) is 20.3. The molecule has 0 aromatic carbocycles. The molecule has 0 aromatic heterocycles. The smallest absolute Gasteiger partial charge is 0.225 e. The average Bonchev–Trinajstić information content (AvgIpc) is 2.98. The van der Waals surface area contributed by atoms with Gasteiger partial charge in [0.05, 0.1) is 0 Å². The maximum Gasteiger partial charge on any atom is 0.225 e.